The molecule has 0 bridgehead atoms. The summed E-state index contributed by atoms with van der Waals surface area (Å²) in [5.41, 5.74) is 3.44. The van der Waals surface area contributed by atoms with E-state index in [0.717, 1.165) is 42.6 Å². The van der Waals surface area contributed by atoms with Crippen LogP contribution in [0, 0.1) is 6.92 Å². The summed E-state index contributed by atoms with van der Waals surface area (Å²) in [5.74, 6) is 0.769. The van der Waals surface area contributed by atoms with E-state index in [-0.39, 0.29) is 0 Å². The fourth-order valence-corrected chi connectivity index (χ4v) is 2.44. The van der Waals surface area contributed by atoms with Crippen LogP contribution in [-0.4, -0.2) is 16.1 Å². The average Bonchev–Trinajstić information content (AvgIpc) is 2.55. The van der Waals surface area contributed by atoms with Gasteiger partial charge in [-0.05, 0) is 43.7 Å². The topological polar surface area (TPSA) is 25.8 Å². The molecule has 3 heteroatoms. The number of halogens is 1. The molecule has 0 spiro atoms. The molecule has 0 amide bonds. The van der Waals surface area contributed by atoms with Gasteiger partial charge in [-0.15, -0.1) is 0 Å². The lowest BCUT2D eigenvalue weighted by Gasteiger charge is -2.06. The first-order chi connectivity index (χ1) is 10.7. The van der Waals surface area contributed by atoms with E-state index in [1.54, 1.807) is 0 Å². The molecule has 1 aromatic carbocycles. The summed E-state index contributed by atoms with van der Waals surface area (Å²) in [5, 5.41) is 0. The van der Waals surface area contributed by atoms with Crippen LogP contribution in [0.3, 0.4) is 0 Å². The molecular weight excluding hydrogens is 275 g/mol. The van der Waals surface area contributed by atoms with Crippen molar-refractivity contribution in [2.24, 2.45) is 0 Å². The standard InChI is InChI=1S/C19H25FN2/c1-3-18(20)8-6-4-5-7-16-9-11-17(12-10-16)19-21-13-15(2)14-22-19/h9-14,18H,3-8H2,1-2H3. The molecular formula is C19H25FN2. The van der Waals surface area contributed by atoms with E-state index in [4.69, 9.17) is 0 Å². The summed E-state index contributed by atoms with van der Waals surface area (Å²) in [4.78, 5) is 8.69. The summed E-state index contributed by atoms with van der Waals surface area (Å²) >= 11 is 0. The van der Waals surface area contributed by atoms with Gasteiger partial charge in [0.1, 0.15) is 0 Å². The first kappa shape index (κ1) is 16.6. The van der Waals surface area contributed by atoms with Crippen molar-refractivity contribution in [2.45, 2.75) is 58.5 Å². The Hall–Kier alpha value is -1.77. The SMILES string of the molecule is CCC(F)CCCCCc1ccc(-c2ncc(C)cn2)cc1. The molecule has 0 radical (unpaired) electrons. The fourth-order valence-electron chi connectivity index (χ4n) is 2.44. The summed E-state index contributed by atoms with van der Waals surface area (Å²) in [7, 11) is 0. The molecule has 2 aromatic rings. The highest BCUT2D eigenvalue weighted by molar-refractivity contribution is 5.55. The van der Waals surface area contributed by atoms with E-state index in [2.05, 4.69) is 34.2 Å². The van der Waals surface area contributed by atoms with E-state index in [1.165, 1.54) is 5.56 Å². The lowest BCUT2D eigenvalue weighted by atomic mass is 10.0. The molecule has 2 rings (SSSR count). The van der Waals surface area contributed by atoms with E-state index in [9.17, 15) is 4.39 Å². The van der Waals surface area contributed by atoms with Crippen LogP contribution in [0.2, 0.25) is 0 Å². The molecule has 0 N–H and O–H groups in total. The molecule has 1 unspecified atom stereocenters. The highest BCUT2D eigenvalue weighted by Crippen LogP contribution is 2.17. The van der Waals surface area contributed by atoms with Gasteiger partial charge in [-0.25, -0.2) is 14.4 Å². The Kier molecular flexibility index (Phi) is 6.50. The number of hydrogen-bond donors (Lipinski definition) is 0. The molecule has 1 heterocycles. The number of hydrogen-bond acceptors (Lipinski definition) is 2. The summed E-state index contributed by atoms with van der Waals surface area (Å²) in [6, 6.07) is 8.44. The minimum Gasteiger partial charge on any atom is -0.248 e. The van der Waals surface area contributed by atoms with Crippen molar-refractivity contribution < 1.29 is 4.39 Å². The van der Waals surface area contributed by atoms with Gasteiger partial charge in [0.25, 0.3) is 0 Å². The monoisotopic (exact) mass is 300 g/mol. The van der Waals surface area contributed by atoms with Crippen LogP contribution in [0.15, 0.2) is 36.7 Å². The lowest BCUT2D eigenvalue weighted by molar-refractivity contribution is 0.297. The summed E-state index contributed by atoms with van der Waals surface area (Å²) in [6.45, 7) is 3.89. The predicted molar refractivity (Wildman–Crippen MR) is 89.6 cm³/mol. The molecule has 0 fully saturated rings. The number of aryl methyl sites for hydroxylation is 2. The second-order valence-electron chi connectivity index (χ2n) is 5.89. The Morgan fingerprint density at radius 3 is 2.32 bits per heavy atom. The van der Waals surface area contributed by atoms with Crippen LogP contribution in [0.4, 0.5) is 4.39 Å². The van der Waals surface area contributed by atoms with Gasteiger partial charge >= 0.3 is 0 Å². The number of nitrogens with zero attached hydrogens (tertiary/aromatic N) is 2. The van der Waals surface area contributed by atoms with Crippen molar-refractivity contribution >= 4 is 0 Å². The van der Waals surface area contributed by atoms with Crippen LogP contribution < -0.4 is 0 Å². The maximum atomic E-state index is 13.1. The summed E-state index contributed by atoms with van der Waals surface area (Å²) in [6.07, 6.45) is 8.68. The maximum Gasteiger partial charge on any atom is 0.159 e. The van der Waals surface area contributed by atoms with Crippen molar-refractivity contribution in [3.8, 4) is 11.4 Å². The summed E-state index contributed by atoms with van der Waals surface area (Å²) < 4.78 is 13.1. The van der Waals surface area contributed by atoms with Gasteiger partial charge in [0.15, 0.2) is 5.82 Å². The molecule has 0 aliphatic carbocycles. The predicted octanol–water partition coefficient (Wildman–Crippen LogP) is 5.30. The normalized spacial score (nSPS) is 12.3. The Labute approximate surface area is 132 Å². The largest absolute Gasteiger partial charge is 0.248 e. The second kappa shape index (κ2) is 8.62. The van der Waals surface area contributed by atoms with E-state index < -0.39 is 6.17 Å². The van der Waals surface area contributed by atoms with Crippen LogP contribution in [0.25, 0.3) is 11.4 Å². The van der Waals surface area contributed by atoms with Gasteiger partial charge < -0.3 is 0 Å². The highest BCUT2D eigenvalue weighted by atomic mass is 19.1. The number of rotatable bonds is 8. The van der Waals surface area contributed by atoms with Crippen LogP contribution in [-0.2, 0) is 6.42 Å². The van der Waals surface area contributed by atoms with Crippen molar-refractivity contribution in [1.82, 2.24) is 9.97 Å². The molecule has 118 valence electrons. The number of alkyl halides is 1. The minimum atomic E-state index is -0.617. The average molecular weight is 300 g/mol. The third-order valence-electron chi connectivity index (χ3n) is 3.92. The van der Waals surface area contributed by atoms with Crippen LogP contribution >= 0.6 is 0 Å². The Morgan fingerprint density at radius 2 is 1.68 bits per heavy atom. The first-order valence-electron chi connectivity index (χ1n) is 8.21. The maximum absolute atomic E-state index is 13.1. The number of unbranched alkanes of at least 4 members (excludes halogenated alkanes) is 2. The van der Waals surface area contributed by atoms with E-state index >= 15 is 0 Å². The lowest BCUT2D eigenvalue weighted by Crippen LogP contribution is -1.97. The highest BCUT2D eigenvalue weighted by Gasteiger charge is 2.03. The third-order valence-corrected chi connectivity index (χ3v) is 3.92. The Balaban J connectivity index is 1.78. The number of aromatic nitrogens is 2. The van der Waals surface area contributed by atoms with E-state index in [1.807, 2.05) is 26.2 Å². The third kappa shape index (κ3) is 5.21. The van der Waals surface area contributed by atoms with Gasteiger partial charge in [0.05, 0.1) is 6.17 Å². The van der Waals surface area contributed by atoms with Gasteiger partial charge in [0, 0.05) is 18.0 Å². The molecule has 22 heavy (non-hydrogen) atoms. The van der Waals surface area contributed by atoms with Crippen LogP contribution in [0.5, 0.6) is 0 Å². The quantitative estimate of drug-likeness (QED) is 0.618. The Morgan fingerprint density at radius 1 is 1.00 bits per heavy atom. The van der Waals surface area contributed by atoms with Crippen molar-refractivity contribution in [3.05, 3.63) is 47.8 Å². The van der Waals surface area contributed by atoms with Crippen molar-refractivity contribution in [3.63, 3.8) is 0 Å². The van der Waals surface area contributed by atoms with Crippen molar-refractivity contribution in [1.29, 1.82) is 0 Å². The van der Waals surface area contributed by atoms with Gasteiger partial charge in [0.2, 0.25) is 0 Å². The minimum absolute atomic E-state index is 0.617. The zero-order valence-electron chi connectivity index (χ0n) is 13.6. The van der Waals surface area contributed by atoms with Gasteiger partial charge in [-0.3, -0.25) is 0 Å². The molecule has 1 aromatic heterocycles. The molecule has 0 saturated carbocycles. The smallest absolute Gasteiger partial charge is 0.159 e. The second-order valence-corrected chi connectivity index (χ2v) is 5.89. The zero-order chi connectivity index (χ0) is 15.8. The molecule has 2 nitrogen and oxygen atoms in total. The molecule has 1 atom stereocenters. The fraction of sp³-hybridized carbons (Fsp3) is 0.474. The van der Waals surface area contributed by atoms with E-state index in [0.29, 0.717) is 12.8 Å². The van der Waals surface area contributed by atoms with Gasteiger partial charge in [-0.2, -0.15) is 0 Å². The van der Waals surface area contributed by atoms with Gasteiger partial charge in [-0.1, -0.05) is 44.0 Å². The molecule has 0 saturated heterocycles. The zero-order valence-corrected chi connectivity index (χ0v) is 13.6. The van der Waals surface area contributed by atoms with Crippen LogP contribution in [0.1, 0.15) is 50.2 Å². The van der Waals surface area contributed by atoms with Crippen molar-refractivity contribution in [2.75, 3.05) is 0 Å². The molecule has 0 aliphatic rings. The first-order valence-corrected chi connectivity index (χ1v) is 8.21. The molecule has 0 aliphatic heterocycles. The Bertz CT molecular complexity index is 549. The number of benzene rings is 1.